The van der Waals surface area contributed by atoms with Crippen LogP contribution >= 0.6 is 0 Å². The maximum Gasteiger partial charge on any atom is 0.305 e. The fourth-order valence-electron chi connectivity index (χ4n) is 7.99. The zero-order valence-electron chi connectivity index (χ0n) is 18.1. The molecule has 0 aromatic rings. The van der Waals surface area contributed by atoms with Crippen LogP contribution in [0.15, 0.2) is 11.9 Å². The summed E-state index contributed by atoms with van der Waals surface area (Å²) < 4.78 is 19.2. The summed E-state index contributed by atoms with van der Waals surface area (Å²) in [6.45, 7) is 4.56. The number of aliphatic hydroxyl groups excluding tert-OH is 2. The van der Waals surface area contributed by atoms with Crippen LogP contribution in [0.3, 0.4) is 0 Å². The number of carbonyl (C=O) groups excluding carboxylic acids is 1. The van der Waals surface area contributed by atoms with Crippen LogP contribution in [0.4, 0.5) is 4.39 Å². The number of halogens is 1. The Morgan fingerprint density at radius 2 is 1.97 bits per heavy atom. The SMILES string of the molecule is COC(=O)CCCC1CCC2C3C(O)CC4CC(O)C(F)=CC4(C)C3CCC12C. The molecule has 4 aliphatic carbocycles. The summed E-state index contributed by atoms with van der Waals surface area (Å²) in [4.78, 5) is 11.5. The number of ether oxygens (including phenoxy) is 1. The fourth-order valence-corrected chi connectivity index (χ4v) is 7.99. The molecule has 4 rings (SSSR count). The van der Waals surface area contributed by atoms with Crippen molar-refractivity contribution in [2.45, 2.75) is 83.8 Å². The monoisotopic (exact) mass is 408 g/mol. The van der Waals surface area contributed by atoms with Crippen LogP contribution in [-0.4, -0.2) is 35.5 Å². The number of esters is 1. The van der Waals surface area contributed by atoms with Crippen molar-refractivity contribution in [1.82, 2.24) is 0 Å². The van der Waals surface area contributed by atoms with Gasteiger partial charge in [-0.3, -0.25) is 4.79 Å². The smallest absolute Gasteiger partial charge is 0.305 e. The number of hydrogen-bond donors (Lipinski definition) is 2. The van der Waals surface area contributed by atoms with Gasteiger partial charge in [0.25, 0.3) is 0 Å². The first-order valence-corrected chi connectivity index (χ1v) is 11.5. The van der Waals surface area contributed by atoms with Gasteiger partial charge in [-0.25, -0.2) is 4.39 Å². The second-order valence-electron chi connectivity index (χ2n) is 10.7. The topological polar surface area (TPSA) is 66.8 Å². The van der Waals surface area contributed by atoms with Crippen molar-refractivity contribution < 1.29 is 24.1 Å². The normalized spacial score (nSPS) is 48.9. The van der Waals surface area contributed by atoms with Crippen LogP contribution in [0, 0.1) is 40.4 Å². The number of allylic oxidation sites excluding steroid dienone is 1. The van der Waals surface area contributed by atoms with Crippen LogP contribution in [0.1, 0.15) is 71.6 Å². The Balaban J connectivity index is 1.54. The molecule has 0 aromatic heterocycles. The van der Waals surface area contributed by atoms with Gasteiger partial charge < -0.3 is 14.9 Å². The summed E-state index contributed by atoms with van der Waals surface area (Å²) in [5.74, 6) is 1.16. The van der Waals surface area contributed by atoms with E-state index in [0.717, 1.165) is 38.5 Å². The molecule has 0 aromatic carbocycles. The van der Waals surface area contributed by atoms with Gasteiger partial charge in [0.05, 0.1) is 13.2 Å². The molecular formula is C24H37FO4. The van der Waals surface area contributed by atoms with Crippen LogP contribution in [0.25, 0.3) is 0 Å². The van der Waals surface area contributed by atoms with Crippen LogP contribution < -0.4 is 0 Å². The van der Waals surface area contributed by atoms with Crippen molar-refractivity contribution in [2.75, 3.05) is 7.11 Å². The summed E-state index contributed by atoms with van der Waals surface area (Å²) in [7, 11) is 1.44. The second-order valence-corrected chi connectivity index (χ2v) is 10.7. The highest BCUT2D eigenvalue weighted by molar-refractivity contribution is 5.68. The Morgan fingerprint density at radius 3 is 2.69 bits per heavy atom. The number of carbonyl (C=O) groups is 1. The summed E-state index contributed by atoms with van der Waals surface area (Å²) in [6.07, 6.45) is 8.20. The molecule has 9 unspecified atom stereocenters. The van der Waals surface area contributed by atoms with E-state index in [4.69, 9.17) is 4.74 Å². The van der Waals surface area contributed by atoms with E-state index in [2.05, 4.69) is 13.8 Å². The zero-order chi connectivity index (χ0) is 21.0. The molecule has 4 aliphatic rings. The summed E-state index contributed by atoms with van der Waals surface area (Å²) in [5.41, 5.74) is -0.0740. The number of rotatable bonds is 4. The predicted octanol–water partition coefficient (Wildman–Crippen LogP) is 4.39. The number of hydrogen-bond acceptors (Lipinski definition) is 4. The number of methoxy groups -OCH3 is 1. The minimum absolute atomic E-state index is 0.136. The van der Waals surface area contributed by atoms with E-state index in [0.29, 0.717) is 31.1 Å². The molecule has 3 saturated carbocycles. The average molecular weight is 409 g/mol. The Bertz CT molecular complexity index is 678. The average Bonchev–Trinajstić information content (AvgIpc) is 3.00. The van der Waals surface area contributed by atoms with E-state index in [1.54, 1.807) is 6.08 Å². The number of aliphatic hydroxyl groups is 2. The van der Waals surface area contributed by atoms with Gasteiger partial charge in [-0.2, -0.15) is 0 Å². The molecule has 5 heteroatoms. The van der Waals surface area contributed by atoms with Crippen molar-refractivity contribution in [3.63, 3.8) is 0 Å². The molecule has 0 heterocycles. The molecule has 29 heavy (non-hydrogen) atoms. The molecule has 0 saturated heterocycles. The maximum atomic E-state index is 14.4. The third-order valence-electron chi connectivity index (χ3n) is 9.61. The lowest BCUT2D eigenvalue weighted by Gasteiger charge is -2.61. The lowest BCUT2D eigenvalue weighted by Crippen LogP contribution is -2.57. The highest BCUT2D eigenvalue weighted by atomic mass is 19.1. The van der Waals surface area contributed by atoms with E-state index in [1.165, 1.54) is 7.11 Å². The standard InChI is InChI=1S/C24H37FO4/c1-23-10-9-17-22(16(23)8-7-14(23)5-4-6-21(28)29-3)20(27)12-15-11-19(26)18(25)13-24(15,17)2/h13-17,19-20,22,26-27H,4-12H2,1-3H3. The van der Waals surface area contributed by atoms with Gasteiger partial charge >= 0.3 is 5.97 Å². The lowest BCUT2D eigenvalue weighted by molar-refractivity contribution is -0.146. The van der Waals surface area contributed by atoms with Gasteiger partial charge in [0.2, 0.25) is 0 Å². The van der Waals surface area contributed by atoms with Gasteiger partial charge in [0.15, 0.2) is 0 Å². The summed E-state index contributed by atoms with van der Waals surface area (Å²) in [5, 5.41) is 21.2. The van der Waals surface area contributed by atoms with Gasteiger partial charge in [0.1, 0.15) is 11.9 Å². The third kappa shape index (κ3) is 3.37. The van der Waals surface area contributed by atoms with Crippen molar-refractivity contribution >= 4 is 5.97 Å². The van der Waals surface area contributed by atoms with E-state index in [9.17, 15) is 19.4 Å². The molecule has 0 aliphatic heterocycles. The molecule has 0 amide bonds. The Labute approximate surface area is 173 Å². The van der Waals surface area contributed by atoms with Crippen LogP contribution in [-0.2, 0) is 9.53 Å². The number of fused-ring (bicyclic) bond motifs is 5. The first kappa shape index (κ1) is 21.3. The molecule has 4 nitrogen and oxygen atoms in total. The molecule has 0 radical (unpaired) electrons. The minimum Gasteiger partial charge on any atom is -0.469 e. The molecule has 9 atom stereocenters. The fraction of sp³-hybridized carbons (Fsp3) is 0.875. The van der Waals surface area contributed by atoms with Crippen molar-refractivity contribution in [1.29, 1.82) is 0 Å². The largest absolute Gasteiger partial charge is 0.469 e. The quantitative estimate of drug-likeness (QED) is 0.677. The highest BCUT2D eigenvalue weighted by Crippen LogP contribution is 2.67. The van der Waals surface area contributed by atoms with Crippen molar-refractivity contribution in [3.05, 3.63) is 11.9 Å². The molecule has 0 spiro atoms. The first-order chi connectivity index (χ1) is 13.7. The van der Waals surface area contributed by atoms with Gasteiger partial charge in [0, 0.05) is 6.42 Å². The molecule has 3 fully saturated rings. The Morgan fingerprint density at radius 1 is 1.21 bits per heavy atom. The summed E-state index contributed by atoms with van der Waals surface area (Å²) >= 11 is 0. The molecule has 164 valence electrons. The van der Waals surface area contributed by atoms with Crippen LogP contribution in [0.2, 0.25) is 0 Å². The van der Waals surface area contributed by atoms with E-state index >= 15 is 0 Å². The van der Waals surface area contributed by atoms with Crippen molar-refractivity contribution in [3.8, 4) is 0 Å². The minimum atomic E-state index is -1.00. The first-order valence-electron chi connectivity index (χ1n) is 11.5. The van der Waals surface area contributed by atoms with E-state index < -0.39 is 6.10 Å². The third-order valence-corrected chi connectivity index (χ3v) is 9.61. The molecular weight excluding hydrogens is 371 g/mol. The molecule has 2 N–H and O–H groups in total. The van der Waals surface area contributed by atoms with Gasteiger partial charge in [-0.05, 0) is 97.9 Å². The van der Waals surface area contributed by atoms with Gasteiger partial charge in [-0.1, -0.05) is 13.8 Å². The Hall–Kier alpha value is -0.940. The zero-order valence-corrected chi connectivity index (χ0v) is 18.1. The summed E-state index contributed by atoms with van der Waals surface area (Å²) in [6, 6.07) is 0. The van der Waals surface area contributed by atoms with E-state index in [1.807, 2.05) is 0 Å². The van der Waals surface area contributed by atoms with E-state index in [-0.39, 0.29) is 46.5 Å². The van der Waals surface area contributed by atoms with Crippen LogP contribution in [0.5, 0.6) is 0 Å². The maximum absolute atomic E-state index is 14.4. The highest BCUT2D eigenvalue weighted by Gasteiger charge is 2.62. The van der Waals surface area contributed by atoms with Crippen molar-refractivity contribution in [2.24, 2.45) is 40.4 Å². The molecule has 0 bridgehead atoms. The lowest BCUT2D eigenvalue weighted by atomic mass is 9.45. The predicted molar refractivity (Wildman–Crippen MR) is 108 cm³/mol. The Kier molecular flexibility index (Phi) is 5.61. The second kappa shape index (κ2) is 7.64. The van der Waals surface area contributed by atoms with Gasteiger partial charge in [-0.15, -0.1) is 0 Å².